The van der Waals surface area contributed by atoms with Crippen LogP contribution in [0.3, 0.4) is 0 Å². The summed E-state index contributed by atoms with van der Waals surface area (Å²) in [7, 11) is 0. The molecule has 0 aromatic heterocycles. The van der Waals surface area contributed by atoms with Crippen LogP contribution in [0, 0.1) is 27.7 Å². The van der Waals surface area contributed by atoms with E-state index in [1.165, 1.54) is 44.8 Å². The lowest BCUT2D eigenvalue weighted by molar-refractivity contribution is 0.586. The highest BCUT2D eigenvalue weighted by atomic mass is 35.5. The lowest BCUT2D eigenvalue weighted by atomic mass is 9.86. The molecule has 0 saturated carbocycles. The standard InChI is InChI=1S/C25H27ClN2/c1-15-9-16(2)12-21(11-15)27-24-14-22(19-5-7-20(26)8-6-19)28-23-13-17(3)10-18(4)25(23)24/h5-13,22,24,27-28H,14H2,1-4H3/t22-,24+/m0/s1. The molecule has 4 rings (SSSR count). The van der Waals surface area contributed by atoms with E-state index in [4.69, 9.17) is 11.6 Å². The maximum absolute atomic E-state index is 6.11. The second kappa shape index (κ2) is 7.52. The van der Waals surface area contributed by atoms with Crippen LogP contribution in [0.5, 0.6) is 0 Å². The zero-order chi connectivity index (χ0) is 19.8. The summed E-state index contributed by atoms with van der Waals surface area (Å²) in [5.41, 5.74) is 10.2. The van der Waals surface area contributed by atoms with Crippen molar-refractivity contribution in [1.82, 2.24) is 0 Å². The molecule has 2 atom stereocenters. The summed E-state index contributed by atoms with van der Waals surface area (Å²) >= 11 is 6.11. The van der Waals surface area contributed by atoms with E-state index >= 15 is 0 Å². The van der Waals surface area contributed by atoms with E-state index < -0.39 is 0 Å². The first-order valence-electron chi connectivity index (χ1n) is 9.87. The highest BCUT2D eigenvalue weighted by Gasteiger charge is 2.29. The molecule has 0 aliphatic carbocycles. The Kier molecular flexibility index (Phi) is 5.07. The monoisotopic (exact) mass is 390 g/mol. The average molecular weight is 391 g/mol. The van der Waals surface area contributed by atoms with Crippen LogP contribution in [-0.4, -0.2) is 0 Å². The van der Waals surface area contributed by atoms with Crippen molar-refractivity contribution in [3.63, 3.8) is 0 Å². The number of aryl methyl sites for hydroxylation is 4. The molecule has 0 amide bonds. The lowest BCUT2D eigenvalue weighted by Crippen LogP contribution is -2.26. The molecular weight excluding hydrogens is 364 g/mol. The first-order valence-corrected chi connectivity index (χ1v) is 10.2. The van der Waals surface area contributed by atoms with E-state index in [1.54, 1.807) is 0 Å². The molecule has 0 fully saturated rings. The Bertz CT molecular complexity index is 988. The van der Waals surface area contributed by atoms with Crippen LogP contribution in [0.25, 0.3) is 0 Å². The van der Waals surface area contributed by atoms with Gasteiger partial charge in [-0.2, -0.15) is 0 Å². The fourth-order valence-electron chi connectivity index (χ4n) is 4.47. The van der Waals surface area contributed by atoms with Crippen LogP contribution in [-0.2, 0) is 0 Å². The van der Waals surface area contributed by atoms with Gasteiger partial charge in [0.15, 0.2) is 0 Å². The molecule has 0 unspecified atom stereocenters. The third-order valence-corrected chi connectivity index (χ3v) is 5.77. The molecule has 0 spiro atoms. The van der Waals surface area contributed by atoms with Crippen LogP contribution < -0.4 is 10.6 Å². The molecule has 144 valence electrons. The van der Waals surface area contributed by atoms with Crippen LogP contribution in [0.1, 0.15) is 51.9 Å². The Balaban J connectivity index is 1.74. The summed E-state index contributed by atoms with van der Waals surface area (Å²) in [6, 6.07) is 19.9. The molecule has 1 aliphatic heterocycles. The molecule has 3 heteroatoms. The largest absolute Gasteiger partial charge is 0.378 e. The van der Waals surface area contributed by atoms with Crippen LogP contribution >= 0.6 is 11.6 Å². The molecule has 2 N–H and O–H groups in total. The maximum Gasteiger partial charge on any atom is 0.0559 e. The topological polar surface area (TPSA) is 24.1 Å². The Morgan fingerprint density at radius 1 is 0.857 bits per heavy atom. The van der Waals surface area contributed by atoms with E-state index in [0.29, 0.717) is 0 Å². The molecule has 1 aliphatic rings. The van der Waals surface area contributed by atoms with Gasteiger partial charge in [0.05, 0.1) is 12.1 Å². The second-order valence-corrected chi connectivity index (χ2v) is 8.54. The number of rotatable bonds is 3. The number of halogens is 1. The van der Waals surface area contributed by atoms with Gasteiger partial charge in [-0.15, -0.1) is 0 Å². The number of anilines is 2. The number of fused-ring (bicyclic) bond motifs is 1. The average Bonchev–Trinajstić information content (AvgIpc) is 2.60. The van der Waals surface area contributed by atoms with Crippen molar-refractivity contribution in [2.45, 2.75) is 46.2 Å². The van der Waals surface area contributed by atoms with Crippen molar-refractivity contribution in [3.8, 4) is 0 Å². The van der Waals surface area contributed by atoms with Gasteiger partial charge >= 0.3 is 0 Å². The summed E-state index contributed by atoms with van der Waals surface area (Å²) < 4.78 is 0. The molecule has 3 aromatic carbocycles. The van der Waals surface area contributed by atoms with Gasteiger partial charge in [-0.1, -0.05) is 35.9 Å². The molecule has 2 nitrogen and oxygen atoms in total. The summed E-state index contributed by atoms with van der Waals surface area (Å²) in [4.78, 5) is 0. The minimum atomic E-state index is 0.245. The van der Waals surface area contributed by atoms with Crippen molar-refractivity contribution in [1.29, 1.82) is 0 Å². The fraction of sp³-hybridized carbons (Fsp3) is 0.280. The zero-order valence-electron chi connectivity index (χ0n) is 16.9. The number of benzene rings is 3. The molecule has 0 radical (unpaired) electrons. The predicted octanol–water partition coefficient (Wildman–Crippen LogP) is 7.28. The maximum atomic E-state index is 6.11. The van der Waals surface area contributed by atoms with Crippen LogP contribution in [0.4, 0.5) is 11.4 Å². The molecule has 1 heterocycles. The number of nitrogens with one attached hydrogen (secondary N) is 2. The minimum Gasteiger partial charge on any atom is -0.378 e. The lowest BCUT2D eigenvalue weighted by Gasteiger charge is -2.36. The van der Waals surface area contributed by atoms with Gasteiger partial charge in [0.25, 0.3) is 0 Å². The molecule has 3 aromatic rings. The minimum absolute atomic E-state index is 0.245. The highest BCUT2D eigenvalue weighted by Crippen LogP contribution is 2.43. The Morgan fingerprint density at radius 3 is 2.18 bits per heavy atom. The number of hydrogen-bond acceptors (Lipinski definition) is 2. The normalized spacial score (nSPS) is 18.3. The SMILES string of the molecule is Cc1cc(C)cc(N[C@@H]2C[C@@H](c3ccc(Cl)cc3)Nc3cc(C)cc(C)c32)c1. The first kappa shape index (κ1) is 18.9. The van der Waals surface area contributed by atoms with E-state index in [0.717, 1.165) is 11.4 Å². The molecule has 0 saturated heterocycles. The summed E-state index contributed by atoms with van der Waals surface area (Å²) in [6.07, 6.45) is 0.978. The fourth-order valence-corrected chi connectivity index (χ4v) is 4.59. The number of hydrogen-bond donors (Lipinski definition) is 2. The highest BCUT2D eigenvalue weighted by molar-refractivity contribution is 6.30. The molecular formula is C25H27ClN2. The van der Waals surface area contributed by atoms with E-state index in [-0.39, 0.29) is 12.1 Å². The Morgan fingerprint density at radius 2 is 1.50 bits per heavy atom. The quantitative estimate of drug-likeness (QED) is 0.490. The van der Waals surface area contributed by atoms with Crippen molar-refractivity contribution in [3.05, 3.63) is 93.0 Å². The van der Waals surface area contributed by atoms with Gasteiger partial charge < -0.3 is 10.6 Å². The van der Waals surface area contributed by atoms with Gasteiger partial charge in [0.2, 0.25) is 0 Å². The van der Waals surface area contributed by atoms with Crippen LogP contribution in [0.2, 0.25) is 5.02 Å². The van der Waals surface area contributed by atoms with Crippen molar-refractivity contribution in [2.75, 3.05) is 10.6 Å². The summed E-state index contributed by atoms with van der Waals surface area (Å²) in [5, 5.41) is 8.37. The van der Waals surface area contributed by atoms with E-state index in [2.05, 4.69) is 80.8 Å². The third-order valence-electron chi connectivity index (χ3n) is 5.52. The van der Waals surface area contributed by atoms with Gasteiger partial charge in [0, 0.05) is 22.0 Å². The summed E-state index contributed by atoms with van der Waals surface area (Å²) in [6.45, 7) is 8.68. The van der Waals surface area contributed by atoms with Crippen molar-refractivity contribution in [2.24, 2.45) is 0 Å². The molecule has 28 heavy (non-hydrogen) atoms. The van der Waals surface area contributed by atoms with Crippen molar-refractivity contribution < 1.29 is 0 Å². The molecule has 0 bridgehead atoms. The summed E-state index contributed by atoms with van der Waals surface area (Å²) in [5.74, 6) is 0. The van der Waals surface area contributed by atoms with Crippen LogP contribution in [0.15, 0.2) is 54.6 Å². The Hall–Kier alpha value is -2.45. The van der Waals surface area contributed by atoms with Gasteiger partial charge in [0.1, 0.15) is 0 Å². The Labute approximate surface area is 172 Å². The zero-order valence-corrected chi connectivity index (χ0v) is 17.7. The van der Waals surface area contributed by atoms with Gasteiger partial charge in [-0.3, -0.25) is 0 Å². The van der Waals surface area contributed by atoms with Gasteiger partial charge in [-0.05, 0) is 92.3 Å². The smallest absolute Gasteiger partial charge is 0.0559 e. The third kappa shape index (κ3) is 3.88. The van der Waals surface area contributed by atoms with Crippen molar-refractivity contribution >= 4 is 23.0 Å². The van der Waals surface area contributed by atoms with E-state index in [1.807, 2.05) is 12.1 Å². The predicted molar refractivity (Wildman–Crippen MR) is 121 cm³/mol. The van der Waals surface area contributed by atoms with Gasteiger partial charge in [-0.25, -0.2) is 0 Å². The second-order valence-electron chi connectivity index (χ2n) is 8.10. The first-order chi connectivity index (χ1) is 13.4. The van der Waals surface area contributed by atoms with E-state index in [9.17, 15) is 0 Å².